The van der Waals surface area contributed by atoms with Gasteiger partial charge in [-0.3, -0.25) is 9.12 Å². The van der Waals surface area contributed by atoms with E-state index in [1.54, 1.807) is 24.3 Å². The minimum Gasteiger partial charge on any atom is -0.329 e. The van der Waals surface area contributed by atoms with Crippen molar-refractivity contribution in [3.05, 3.63) is 77.4 Å². The Morgan fingerprint density at radius 3 is 2.37 bits per heavy atom. The number of benzene rings is 2. The Balaban J connectivity index is 2.08. The molecule has 0 bridgehead atoms. The van der Waals surface area contributed by atoms with Gasteiger partial charge in [-0.15, -0.1) is 0 Å². The van der Waals surface area contributed by atoms with Crippen molar-refractivity contribution < 1.29 is 32.0 Å². The molecular formula is C21H27O7PS. The van der Waals surface area contributed by atoms with Crippen LogP contribution >= 0.6 is 7.60 Å². The third kappa shape index (κ3) is 7.70. The predicted molar refractivity (Wildman–Crippen MR) is 116 cm³/mol. The van der Waals surface area contributed by atoms with E-state index >= 15 is 0 Å². The molecule has 2 aromatic rings. The molecule has 2 rings (SSSR count). The van der Waals surface area contributed by atoms with E-state index in [1.165, 1.54) is 0 Å². The molecule has 0 fully saturated rings. The van der Waals surface area contributed by atoms with Gasteiger partial charge in [0.25, 0.3) is 10.1 Å². The number of rotatable bonds is 11. The molecule has 9 heteroatoms. The van der Waals surface area contributed by atoms with Gasteiger partial charge in [-0.1, -0.05) is 64.9 Å². The van der Waals surface area contributed by atoms with Gasteiger partial charge >= 0.3 is 7.60 Å². The van der Waals surface area contributed by atoms with Crippen LogP contribution in [0.5, 0.6) is 5.75 Å². The molecule has 0 aliphatic heterocycles. The zero-order valence-corrected chi connectivity index (χ0v) is 18.7. The maximum atomic E-state index is 12.6. The van der Waals surface area contributed by atoms with Crippen LogP contribution in [0.25, 0.3) is 0 Å². The Bertz CT molecular complexity index is 999. The predicted octanol–water partition coefficient (Wildman–Crippen LogP) is 4.93. The fraction of sp³-hybridized carbons (Fsp3) is 0.333. The van der Waals surface area contributed by atoms with Crippen LogP contribution in [0.1, 0.15) is 37.8 Å². The molecule has 0 amide bonds. The van der Waals surface area contributed by atoms with Gasteiger partial charge in [0.15, 0.2) is 10.7 Å². The summed E-state index contributed by atoms with van der Waals surface area (Å²) in [6, 6.07) is 16.0. The van der Waals surface area contributed by atoms with Crippen LogP contribution in [0, 0.1) is 0 Å². The first kappa shape index (κ1) is 24.3. The fourth-order valence-corrected chi connectivity index (χ4v) is 5.52. The lowest BCUT2D eigenvalue weighted by molar-refractivity contribution is -0.110. The topological polar surface area (TPSA) is 110 Å². The Kier molecular flexibility index (Phi) is 8.82. The van der Waals surface area contributed by atoms with E-state index in [4.69, 9.17) is 9.56 Å². The lowest BCUT2D eigenvalue weighted by Crippen LogP contribution is -2.23. The maximum Gasteiger partial charge on any atom is 0.386 e. The van der Waals surface area contributed by atoms with Crippen LogP contribution in [0.2, 0.25) is 0 Å². The average Bonchev–Trinajstić information content (AvgIpc) is 2.68. The monoisotopic (exact) mass is 454 g/mol. The van der Waals surface area contributed by atoms with Crippen molar-refractivity contribution in [2.75, 3.05) is 0 Å². The molecule has 164 valence electrons. The summed E-state index contributed by atoms with van der Waals surface area (Å²) in [7, 11) is -9.69. The van der Waals surface area contributed by atoms with E-state index in [0.29, 0.717) is 18.4 Å². The van der Waals surface area contributed by atoms with Gasteiger partial charge in [0.2, 0.25) is 0 Å². The molecule has 0 radical (unpaired) electrons. The van der Waals surface area contributed by atoms with Crippen LogP contribution in [-0.4, -0.2) is 22.9 Å². The van der Waals surface area contributed by atoms with Gasteiger partial charge in [-0.2, -0.15) is 8.42 Å². The molecule has 0 aliphatic rings. The molecule has 2 unspecified atom stereocenters. The smallest absolute Gasteiger partial charge is 0.329 e. The van der Waals surface area contributed by atoms with Gasteiger partial charge in [0, 0.05) is 5.56 Å². The van der Waals surface area contributed by atoms with E-state index in [9.17, 15) is 22.4 Å². The third-order valence-corrected chi connectivity index (χ3v) is 8.20. The molecule has 0 aliphatic carbocycles. The highest BCUT2D eigenvalue weighted by atomic mass is 32.2. The summed E-state index contributed by atoms with van der Waals surface area (Å²) >= 11 is 0. The number of para-hydroxylation sites is 1. The Hall–Kier alpha value is -1.96. The highest BCUT2D eigenvalue weighted by Crippen LogP contribution is 2.52. The van der Waals surface area contributed by atoms with Crippen molar-refractivity contribution >= 4 is 17.7 Å². The number of aryl methyl sites for hydroxylation is 1. The Morgan fingerprint density at radius 1 is 1.10 bits per heavy atom. The molecule has 2 aromatic carbocycles. The summed E-state index contributed by atoms with van der Waals surface area (Å²) in [5.74, 6) is 0.197. The van der Waals surface area contributed by atoms with Crippen LogP contribution in [0.15, 0.2) is 66.2 Å². The Morgan fingerprint density at radius 2 is 1.73 bits per heavy atom. The van der Waals surface area contributed by atoms with Gasteiger partial charge in [0.05, 0.1) is 0 Å². The summed E-state index contributed by atoms with van der Waals surface area (Å²) in [5.41, 5.74) is 2.74. The maximum absolute atomic E-state index is 12.6. The molecule has 2 N–H and O–H groups in total. The van der Waals surface area contributed by atoms with Crippen LogP contribution in [-0.2, 0) is 32.2 Å². The SMILES string of the molecule is CC(C)=CCc1ccccc1OOP(=O)(O)C(CCCc1ccccc1)S(=O)(=O)O. The van der Waals surface area contributed by atoms with Gasteiger partial charge in [0.1, 0.15) is 0 Å². The van der Waals surface area contributed by atoms with Crippen molar-refractivity contribution in [2.45, 2.75) is 44.5 Å². The second kappa shape index (κ2) is 10.9. The van der Waals surface area contributed by atoms with Crippen LogP contribution in [0.4, 0.5) is 0 Å². The summed E-state index contributed by atoms with van der Waals surface area (Å²) in [5, 5.41) is 0. The van der Waals surface area contributed by atoms with E-state index in [2.05, 4.69) is 0 Å². The average molecular weight is 454 g/mol. The first-order valence-electron chi connectivity index (χ1n) is 9.50. The van der Waals surface area contributed by atoms with E-state index in [1.807, 2.05) is 50.3 Å². The van der Waals surface area contributed by atoms with Crippen molar-refractivity contribution in [1.82, 2.24) is 0 Å². The molecule has 0 saturated carbocycles. The highest BCUT2D eigenvalue weighted by molar-refractivity contribution is 7.93. The number of allylic oxidation sites excluding steroid dienone is 2. The normalized spacial score (nSPS) is 14.5. The van der Waals surface area contributed by atoms with Gasteiger partial charge in [-0.05, 0) is 51.2 Å². The number of hydrogen-bond acceptors (Lipinski definition) is 5. The molecule has 0 spiro atoms. The molecular weight excluding hydrogens is 427 g/mol. The largest absolute Gasteiger partial charge is 0.386 e. The van der Waals surface area contributed by atoms with Crippen LogP contribution < -0.4 is 4.89 Å². The van der Waals surface area contributed by atoms with Gasteiger partial charge < -0.3 is 9.78 Å². The van der Waals surface area contributed by atoms with Crippen molar-refractivity contribution in [2.24, 2.45) is 0 Å². The quantitative estimate of drug-likeness (QED) is 0.163. The van der Waals surface area contributed by atoms with E-state index < -0.39 is 22.7 Å². The summed E-state index contributed by atoms with van der Waals surface area (Å²) < 4.78 is 50.3. The molecule has 0 aromatic heterocycles. The standard InChI is InChI=1S/C21H27O7PS/c1-17(2)15-16-19-12-6-7-13-20(19)27-28-29(22,23)21(30(24,25)26)14-8-11-18-9-4-3-5-10-18/h3-7,9-10,12-13,15,21H,8,11,14,16H2,1-2H3,(H,22,23)(H,24,25,26). The molecule has 0 saturated heterocycles. The van der Waals surface area contributed by atoms with Crippen LogP contribution in [0.3, 0.4) is 0 Å². The van der Waals surface area contributed by atoms with Crippen molar-refractivity contribution in [3.8, 4) is 5.75 Å². The zero-order chi connectivity index (χ0) is 22.2. The van der Waals surface area contributed by atoms with E-state index in [0.717, 1.165) is 11.1 Å². The zero-order valence-electron chi connectivity index (χ0n) is 17.0. The summed E-state index contributed by atoms with van der Waals surface area (Å²) in [6.07, 6.45) is 2.95. The Labute approximate surface area is 177 Å². The second-order valence-corrected chi connectivity index (χ2v) is 11.0. The number of hydrogen-bond donors (Lipinski definition) is 2. The minimum atomic E-state index is -4.84. The first-order chi connectivity index (χ1) is 14.1. The van der Waals surface area contributed by atoms with E-state index in [-0.39, 0.29) is 18.6 Å². The fourth-order valence-electron chi connectivity index (χ4n) is 2.82. The van der Waals surface area contributed by atoms with Crippen molar-refractivity contribution in [1.29, 1.82) is 0 Å². The van der Waals surface area contributed by atoms with Gasteiger partial charge in [-0.25, -0.2) is 0 Å². The summed E-state index contributed by atoms with van der Waals surface area (Å²) in [4.78, 5) is 13.3. The summed E-state index contributed by atoms with van der Waals surface area (Å²) in [6.45, 7) is 3.88. The highest BCUT2D eigenvalue weighted by Gasteiger charge is 2.43. The van der Waals surface area contributed by atoms with Crippen molar-refractivity contribution in [3.63, 3.8) is 0 Å². The third-order valence-electron chi connectivity index (χ3n) is 4.40. The molecule has 0 heterocycles. The first-order valence-corrected chi connectivity index (χ1v) is 12.6. The second-order valence-electron chi connectivity index (χ2n) is 7.16. The molecule has 7 nitrogen and oxygen atoms in total. The minimum absolute atomic E-state index is 0.197. The molecule has 30 heavy (non-hydrogen) atoms. The lowest BCUT2D eigenvalue weighted by atomic mass is 10.1. The molecule has 2 atom stereocenters. The lowest BCUT2D eigenvalue weighted by Gasteiger charge is -2.19.